The third-order valence-corrected chi connectivity index (χ3v) is 4.12. The molecule has 0 radical (unpaired) electrons. The van der Waals surface area contributed by atoms with Crippen LogP contribution in [0.2, 0.25) is 0 Å². The molecule has 0 N–H and O–H groups in total. The minimum Gasteiger partial charge on any atom is -0.493 e. The summed E-state index contributed by atoms with van der Waals surface area (Å²) >= 11 is 0. The van der Waals surface area contributed by atoms with E-state index >= 15 is 0 Å². The van der Waals surface area contributed by atoms with Gasteiger partial charge in [-0.25, -0.2) is 14.3 Å². The lowest BCUT2D eigenvalue weighted by Crippen LogP contribution is -2.15. The molecule has 3 aromatic rings. The topological polar surface area (TPSA) is 82.8 Å². The Balaban J connectivity index is 1.50. The third-order valence-electron chi connectivity index (χ3n) is 4.12. The summed E-state index contributed by atoms with van der Waals surface area (Å²) in [4.78, 5) is 28.8. The van der Waals surface area contributed by atoms with E-state index in [1.807, 2.05) is 0 Å². The van der Waals surface area contributed by atoms with Crippen molar-refractivity contribution in [3.8, 4) is 5.75 Å². The SMILES string of the molecule is Cc1nn2cccnc2c1C(=O)OCC(=O)c1ccc2c(c1)CCO2. The quantitative estimate of drug-likeness (QED) is 0.535. The Morgan fingerprint density at radius 1 is 1.36 bits per heavy atom. The number of carbonyl (C=O) groups is 2. The fourth-order valence-corrected chi connectivity index (χ4v) is 2.88. The van der Waals surface area contributed by atoms with Gasteiger partial charge in [0.25, 0.3) is 0 Å². The number of ketones is 1. The van der Waals surface area contributed by atoms with E-state index in [0.717, 1.165) is 17.7 Å². The second kappa shape index (κ2) is 6.01. The minimum atomic E-state index is -0.607. The van der Waals surface area contributed by atoms with E-state index in [-0.39, 0.29) is 18.0 Å². The molecule has 1 aliphatic heterocycles. The van der Waals surface area contributed by atoms with Gasteiger partial charge in [0.2, 0.25) is 0 Å². The standard InChI is InChI=1S/C18H15N3O4/c1-11-16(17-19-6-2-7-21(17)20-11)18(23)25-10-14(22)12-3-4-15-13(9-12)5-8-24-15/h2-4,6-7,9H,5,8,10H2,1H3. The summed E-state index contributed by atoms with van der Waals surface area (Å²) in [7, 11) is 0. The minimum absolute atomic E-state index is 0.259. The summed E-state index contributed by atoms with van der Waals surface area (Å²) in [5.41, 5.74) is 2.69. The Morgan fingerprint density at radius 3 is 3.12 bits per heavy atom. The van der Waals surface area contributed by atoms with Crippen LogP contribution < -0.4 is 4.74 Å². The van der Waals surface area contributed by atoms with Crippen LogP contribution in [0.15, 0.2) is 36.7 Å². The van der Waals surface area contributed by atoms with Crippen molar-refractivity contribution in [3.05, 3.63) is 59.0 Å². The zero-order valence-corrected chi connectivity index (χ0v) is 13.6. The molecule has 1 aliphatic rings. The molecule has 126 valence electrons. The first kappa shape index (κ1) is 15.3. The number of aromatic nitrogens is 3. The van der Waals surface area contributed by atoms with Gasteiger partial charge < -0.3 is 9.47 Å². The Bertz CT molecular complexity index is 993. The van der Waals surface area contributed by atoms with Gasteiger partial charge in [-0.05, 0) is 36.8 Å². The van der Waals surface area contributed by atoms with Crippen LogP contribution in [0.25, 0.3) is 5.65 Å². The van der Waals surface area contributed by atoms with Crippen LogP contribution in [0.5, 0.6) is 5.75 Å². The fourth-order valence-electron chi connectivity index (χ4n) is 2.88. The van der Waals surface area contributed by atoms with Crippen molar-refractivity contribution < 1.29 is 19.1 Å². The molecular formula is C18H15N3O4. The normalized spacial score (nSPS) is 12.7. The number of aryl methyl sites for hydroxylation is 1. The third kappa shape index (κ3) is 2.73. The molecule has 0 atom stereocenters. The van der Waals surface area contributed by atoms with Crippen molar-refractivity contribution in [3.63, 3.8) is 0 Å². The highest BCUT2D eigenvalue weighted by Gasteiger charge is 2.21. The molecule has 2 aromatic heterocycles. The van der Waals surface area contributed by atoms with E-state index in [2.05, 4.69) is 10.1 Å². The highest BCUT2D eigenvalue weighted by atomic mass is 16.5. The summed E-state index contributed by atoms with van der Waals surface area (Å²) in [5.74, 6) is -0.0595. The van der Waals surface area contributed by atoms with E-state index in [1.54, 1.807) is 43.6 Å². The summed E-state index contributed by atoms with van der Waals surface area (Å²) in [6.45, 7) is 2.00. The molecule has 4 rings (SSSR count). The fraction of sp³-hybridized carbons (Fsp3) is 0.222. The molecule has 0 saturated heterocycles. The van der Waals surface area contributed by atoms with Crippen molar-refractivity contribution in [1.29, 1.82) is 0 Å². The van der Waals surface area contributed by atoms with Gasteiger partial charge in [-0.3, -0.25) is 4.79 Å². The zero-order chi connectivity index (χ0) is 17.4. The Hall–Kier alpha value is -3.22. The molecule has 25 heavy (non-hydrogen) atoms. The molecule has 0 saturated carbocycles. The van der Waals surface area contributed by atoms with Crippen molar-refractivity contribution in [2.45, 2.75) is 13.3 Å². The molecular weight excluding hydrogens is 322 g/mol. The Labute approximate surface area is 143 Å². The van der Waals surface area contributed by atoms with Gasteiger partial charge in [0.15, 0.2) is 18.0 Å². The first-order valence-corrected chi connectivity index (χ1v) is 7.89. The second-order valence-corrected chi connectivity index (χ2v) is 5.77. The molecule has 0 amide bonds. The van der Waals surface area contributed by atoms with Gasteiger partial charge in [0.1, 0.15) is 11.3 Å². The van der Waals surface area contributed by atoms with E-state index in [4.69, 9.17) is 9.47 Å². The molecule has 7 nitrogen and oxygen atoms in total. The maximum absolute atomic E-state index is 12.4. The average molecular weight is 337 g/mol. The highest BCUT2D eigenvalue weighted by molar-refractivity contribution is 6.01. The van der Waals surface area contributed by atoms with Crippen LogP contribution in [-0.2, 0) is 11.2 Å². The molecule has 3 heterocycles. The van der Waals surface area contributed by atoms with E-state index in [1.165, 1.54) is 4.52 Å². The number of hydrogen-bond donors (Lipinski definition) is 0. The van der Waals surface area contributed by atoms with Gasteiger partial charge in [0.05, 0.1) is 12.3 Å². The first-order chi connectivity index (χ1) is 12.1. The highest BCUT2D eigenvalue weighted by Crippen LogP contribution is 2.26. The van der Waals surface area contributed by atoms with Crippen LogP contribution in [-0.4, -0.2) is 39.6 Å². The predicted octanol–water partition coefficient (Wildman–Crippen LogP) is 2.01. The van der Waals surface area contributed by atoms with Crippen molar-refractivity contribution >= 4 is 17.4 Å². The number of rotatable bonds is 4. The maximum atomic E-state index is 12.4. The summed E-state index contributed by atoms with van der Waals surface area (Å²) in [6.07, 6.45) is 4.05. The van der Waals surface area contributed by atoms with Gasteiger partial charge in [-0.2, -0.15) is 5.10 Å². The number of esters is 1. The molecule has 0 unspecified atom stereocenters. The zero-order valence-electron chi connectivity index (χ0n) is 13.6. The van der Waals surface area contributed by atoms with E-state index < -0.39 is 5.97 Å². The molecule has 1 aromatic carbocycles. The van der Waals surface area contributed by atoms with Crippen LogP contribution in [0.3, 0.4) is 0 Å². The second-order valence-electron chi connectivity index (χ2n) is 5.77. The van der Waals surface area contributed by atoms with Crippen molar-refractivity contribution in [2.75, 3.05) is 13.2 Å². The lowest BCUT2D eigenvalue weighted by Gasteiger charge is -2.05. The van der Waals surface area contributed by atoms with Crippen LogP contribution >= 0.6 is 0 Å². The molecule has 7 heteroatoms. The first-order valence-electron chi connectivity index (χ1n) is 7.89. The smallest absolute Gasteiger partial charge is 0.344 e. The molecule has 0 aliphatic carbocycles. The van der Waals surface area contributed by atoms with E-state index in [0.29, 0.717) is 23.5 Å². The van der Waals surface area contributed by atoms with Crippen LogP contribution in [0.4, 0.5) is 0 Å². The number of fused-ring (bicyclic) bond motifs is 2. The number of nitrogens with zero attached hydrogens (tertiary/aromatic N) is 3. The molecule has 0 fully saturated rings. The van der Waals surface area contributed by atoms with E-state index in [9.17, 15) is 9.59 Å². The van der Waals surface area contributed by atoms with Crippen LogP contribution in [0, 0.1) is 6.92 Å². The Kier molecular flexibility index (Phi) is 3.68. The largest absolute Gasteiger partial charge is 0.493 e. The Morgan fingerprint density at radius 2 is 2.24 bits per heavy atom. The van der Waals surface area contributed by atoms with Crippen molar-refractivity contribution in [1.82, 2.24) is 14.6 Å². The average Bonchev–Trinajstić information content (AvgIpc) is 3.21. The summed E-state index contributed by atoms with van der Waals surface area (Å²) in [6, 6.07) is 6.97. The van der Waals surface area contributed by atoms with Gasteiger partial charge >= 0.3 is 5.97 Å². The number of carbonyl (C=O) groups excluding carboxylic acids is 2. The number of Topliss-reactive ketones (excluding diaryl/α,β-unsaturated/α-hetero) is 1. The van der Waals surface area contributed by atoms with Crippen LogP contribution in [0.1, 0.15) is 32.0 Å². The van der Waals surface area contributed by atoms with Crippen molar-refractivity contribution in [2.24, 2.45) is 0 Å². The maximum Gasteiger partial charge on any atom is 0.344 e. The van der Waals surface area contributed by atoms with Gasteiger partial charge in [0, 0.05) is 24.4 Å². The monoisotopic (exact) mass is 337 g/mol. The summed E-state index contributed by atoms with van der Waals surface area (Å²) < 4.78 is 12.1. The molecule has 0 bridgehead atoms. The number of ether oxygens (including phenoxy) is 2. The molecule has 0 spiro atoms. The van der Waals surface area contributed by atoms with Gasteiger partial charge in [-0.1, -0.05) is 0 Å². The number of benzene rings is 1. The number of hydrogen-bond acceptors (Lipinski definition) is 6. The predicted molar refractivity (Wildman–Crippen MR) is 88.0 cm³/mol. The summed E-state index contributed by atoms with van der Waals surface area (Å²) in [5, 5.41) is 4.21. The lowest BCUT2D eigenvalue weighted by atomic mass is 10.1. The van der Waals surface area contributed by atoms with Gasteiger partial charge in [-0.15, -0.1) is 0 Å². The lowest BCUT2D eigenvalue weighted by molar-refractivity contribution is 0.0475.